The minimum Gasteiger partial charge on any atom is -0.335 e. The zero-order valence-electron chi connectivity index (χ0n) is 16.0. The van der Waals surface area contributed by atoms with Crippen LogP contribution < -0.4 is 11.2 Å². The number of aromatic nitrogens is 3. The molecule has 28 heavy (non-hydrogen) atoms. The van der Waals surface area contributed by atoms with E-state index in [1.54, 1.807) is 0 Å². The summed E-state index contributed by atoms with van der Waals surface area (Å²) in [4.78, 5) is 12.6. The maximum atomic E-state index is 12.6. The Morgan fingerprint density at radius 3 is 2.68 bits per heavy atom. The Morgan fingerprint density at radius 2 is 1.89 bits per heavy atom. The van der Waals surface area contributed by atoms with Gasteiger partial charge in [0.15, 0.2) is 5.82 Å². The lowest BCUT2D eigenvalue weighted by molar-refractivity contribution is -0.115. The van der Waals surface area contributed by atoms with E-state index >= 15 is 0 Å². The molecule has 4 rings (SSSR count). The highest BCUT2D eigenvalue weighted by Gasteiger charge is 2.20. The molecule has 0 saturated heterocycles. The van der Waals surface area contributed by atoms with Gasteiger partial charge in [0.05, 0.1) is 5.25 Å². The molecule has 1 heterocycles. The van der Waals surface area contributed by atoms with Crippen molar-refractivity contribution < 1.29 is 4.79 Å². The Bertz CT molecular complexity index is 1010. The zero-order valence-corrected chi connectivity index (χ0v) is 16.8. The number of nitrogens with two attached hydrogens (primary N) is 1. The fourth-order valence-electron chi connectivity index (χ4n) is 3.36. The van der Waals surface area contributed by atoms with Gasteiger partial charge in [0.1, 0.15) is 0 Å². The summed E-state index contributed by atoms with van der Waals surface area (Å²) in [5.74, 6) is 6.67. The topological polar surface area (TPSA) is 85.8 Å². The first-order chi connectivity index (χ1) is 13.5. The van der Waals surface area contributed by atoms with E-state index in [2.05, 4.69) is 27.6 Å². The standard InChI is InChI=1S/C21H23N5OS/c1-13-6-8-16(9-7-13)19-24-25-21(26(19)22)28-14(2)20(27)23-18-11-10-15-4-3-5-17(15)12-18/h6-12,14H,3-5,22H2,1-2H3,(H,23,27)/t14-/m1/s1. The Balaban J connectivity index is 1.44. The molecule has 3 aromatic rings. The van der Waals surface area contributed by atoms with Gasteiger partial charge in [0.25, 0.3) is 0 Å². The van der Waals surface area contributed by atoms with Crippen molar-refractivity contribution in [3.63, 3.8) is 0 Å². The summed E-state index contributed by atoms with van der Waals surface area (Å²) in [7, 11) is 0. The van der Waals surface area contributed by atoms with Crippen LogP contribution in [0.2, 0.25) is 0 Å². The average Bonchev–Trinajstić information content (AvgIpc) is 3.29. The molecule has 1 aromatic heterocycles. The highest BCUT2D eigenvalue weighted by atomic mass is 32.2. The van der Waals surface area contributed by atoms with Crippen LogP contribution in [-0.4, -0.2) is 26.0 Å². The van der Waals surface area contributed by atoms with Gasteiger partial charge in [0, 0.05) is 11.3 Å². The Labute approximate surface area is 168 Å². The fraction of sp³-hybridized carbons (Fsp3) is 0.286. The second-order valence-electron chi connectivity index (χ2n) is 7.13. The van der Waals surface area contributed by atoms with Crippen LogP contribution in [0.4, 0.5) is 5.69 Å². The number of carbonyl (C=O) groups excluding carboxylic acids is 1. The SMILES string of the molecule is Cc1ccc(-c2nnc(S[C@H](C)C(=O)Nc3ccc4c(c3)CCC4)n2N)cc1. The average molecular weight is 394 g/mol. The summed E-state index contributed by atoms with van der Waals surface area (Å²) in [5, 5.41) is 11.5. The van der Waals surface area contributed by atoms with Crippen LogP contribution in [0.25, 0.3) is 11.4 Å². The third-order valence-electron chi connectivity index (χ3n) is 4.99. The predicted molar refractivity (Wildman–Crippen MR) is 113 cm³/mol. The molecule has 0 bridgehead atoms. The molecular weight excluding hydrogens is 370 g/mol. The fourth-order valence-corrected chi connectivity index (χ4v) is 4.13. The first-order valence-electron chi connectivity index (χ1n) is 9.38. The lowest BCUT2D eigenvalue weighted by atomic mass is 10.1. The number of nitrogen functional groups attached to an aromatic ring is 1. The molecule has 0 fully saturated rings. The van der Waals surface area contributed by atoms with E-state index in [1.807, 2.05) is 44.2 Å². The van der Waals surface area contributed by atoms with E-state index in [1.165, 1.54) is 39.5 Å². The monoisotopic (exact) mass is 393 g/mol. The van der Waals surface area contributed by atoms with Gasteiger partial charge >= 0.3 is 0 Å². The molecule has 144 valence electrons. The molecule has 1 amide bonds. The summed E-state index contributed by atoms with van der Waals surface area (Å²) in [6.45, 7) is 3.87. The van der Waals surface area contributed by atoms with Crippen LogP contribution >= 0.6 is 11.8 Å². The van der Waals surface area contributed by atoms with E-state index in [-0.39, 0.29) is 11.2 Å². The van der Waals surface area contributed by atoms with E-state index in [0.29, 0.717) is 11.0 Å². The van der Waals surface area contributed by atoms with E-state index in [0.717, 1.165) is 24.1 Å². The minimum absolute atomic E-state index is 0.0807. The van der Waals surface area contributed by atoms with Crippen LogP contribution in [0.3, 0.4) is 0 Å². The number of nitrogens with zero attached hydrogens (tertiary/aromatic N) is 3. The minimum atomic E-state index is -0.356. The molecule has 2 aromatic carbocycles. The van der Waals surface area contributed by atoms with Crippen molar-refractivity contribution in [1.82, 2.24) is 14.9 Å². The molecule has 1 atom stereocenters. The summed E-state index contributed by atoms with van der Waals surface area (Å²) in [6, 6.07) is 14.1. The first kappa shape index (κ1) is 18.6. The number of fused-ring (bicyclic) bond motifs is 1. The van der Waals surface area contributed by atoms with Gasteiger partial charge in [-0.1, -0.05) is 47.7 Å². The van der Waals surface area contributed by atoms with Gasteiger partial charge in [-0.25, -0.2) is 4.68 Å². The van der Waals surface area contributed by atoms with Gasteiger partial charge < -0.3 is 11.2 Å². The van der Waals surface area contributed by atoms with Gasteiger partial charge in [-0.2, -0.15) is 0 Å². The second kappa shape index (κ2) is 7.67. The van der Waals surface area contributed by atoms with Crippen LogP contribution in [0, 0.1) is 6.92 Å². The van der Waals surface area contributed by atoms with E-state index in [4.69, 9.17) is 5.84 Å². The normalized spacial score (nSPS) is 13.9. The third-order valence-corrected chi connectivity index (χ3v) is 6.05. The van der Waals surface area contributed by atoms with Crippen molar-refractivity contribution in [2.24, 2.45) is 0 Å². The van der Waals surface area contributed by atoms with Crippen LogP contribution in [-0.2, 0) is 17.6 Å². The molecule has 0 saturated carbocycles. The van der Waals surface area contributed by atoms with Crippen molar-refractivity contribution in [1.29, 1.82) is 0 Å². The van der Waals surface area contributed by atoms with Crippen molar-refractivity contribution in [2.75, 3.05) is 11.2 Å². The number of benzene rings is 2. The number of hydrogen-bond acceptors (Lipinski definition) is 5. The van der Waals surface area contributed by atoms with Crippen LogP contribution in [0.5, 0.6) is 0 Å². The van der Waals surface area contributed by atoms with E-state index < -0.39 is 0 Å². The quantitative estimate of drug-likeness (QED) is 0.511. The van der Waals surface area contributed by atoms with Gasteiger partial charge in [-0.05, 0) is 56.4 Å². The predicted octanol–water partition coefficient (Wildman–Crippen LogP) is 3.58. The number of thioether (sulfide) groups is 1. The Hall–Kier alpha value is -2.80. The first-order valence-corrected chi connectivity index (χ1v) is 10.3. The number of hydrogen-bond donors (Lipinski definition) is 2. The van der Waals surface area contributed by atoms with Gasteiger partial charge in [0.2, 0.25) is 11.1 Å². The summed E-state index contributed by atoms with van der Waals surface area (Å²) < 4.78 is 1.44. The lowest BCUT2D eigenvalue weighted by Crippen LogP contribution is -2.23. The van der Waals surface area contributed by atoms with Crippen molar-refractivity contribution in [2.45, 2.75) is 43.5 Å². The molecule has 0 aliphatic heterocycles. The smallest absolute Gasteiger partial charge is 0.237 e. The second-order valence-corrected chi connectivity index (χ2v) is 8.44. The summed E-state index contributed by atoms with van der Waals surface area (Å²) in [6.07, 6.45) is 3.40. The lowest BCUT2D eigenvalue weighted by Gasteiger charge is -2.12. The van der Waals surface area contributed by atoms with Gasteiger partial charge in [-0.3, -0.25) is 4.79 Å². The Kier molecular flexibility index (Phi) is 5.09. The van der Waals surface area contributed by atoms with E-state index in [9.17, 15) is 4.79 Å². The molecule has 0 unspecified atom stereocenters. The largest absolute Gasteiger partial charge is 0.335 e. The molecule has 1 aliphatic carbocycles. The number of nitrogens with one attached hydrogen (secondary N) is 1. The molecule has 1 aliphatic rings. The number of amides is 1. The molecule has 7 heteroatoms. The van der Waals surface area contributed by atoms with Gasteiger partial charge in [-0.15, -0.1) is 10.2 Å². The molecule has 0 radical (unpaired) electrons. The molecule has 0 spiro atoms. The summed E-state index contributed by atoms with van der Waals surface area (Å²) >= 11 is 1.29. The van der Waals surface area contributed by atoms with Crippen molar-refractivity contribution >= 4 is 23.4 Å². The third kappa shape index (κ3) is 3.75. The van der Waals surface area contributed by atoms with Crippen molar-refractivity contribution in [3.05, 3.63) is 59.2 Å². The number of anilines is 1. The maximum Gasteiger partial charge on any atom is 0.237 e. The molecular formula is C21H23N5OS. The maximum absolute atomic E-state index is 12.6. The highest BCUT2D eigenvalue weighted by molar-refractivity contribution is 8.00. The highest BCUT2D eigenvalue weighted by Crippen LogP contribution is 2.27. The van der Waals surface area contributed by atoms with Crippen LogP contribution in [0.15, 0.2) is 47.6 Å². The number of aryl methyl sites for hydroxylation is 3. The number of rotatable bonds is 5. The number of carbonyl (C=O) groups is 1. The zero-order chi connectivity index (χ0) is 19.7. The summed E-state index contributed by atoms with van der Waals surface area (Å²) in [5.41, 5.74) is 5.62. The Morgan fingerprint density at radius 1 is 1.14 bits per heavy atom. The van der Waals surface area contributed by atoms with Crippen molar-refractivity contribution in [3.8, 4) is 11.4 Å². The molecule has 6 nitrogen and oxygen atoms in total. The van der Waals surface area contributed by atoms with Crippen LogP contribution in [0.1, 0.15) is 30.0 Å². The molecule has 3 N–H and O–H groups in total.